The summed E-state index contributed by atoms with van der Waals surface area (Å²) in [6.07, 6.45) is -2.34. The third-order valence-corrected chi connectivity index (χ3v) is 3.12. The highest BCUT2D eigenvalue weighted by atomic mass is 19.4. The van der Waals surface area contributed by atoms with Gasteiger partial charge in [-0.2, -0.15) is 13.2 Å². The zero-order chi connectivity index (χ0) is 14.5. The predicted octanol–water partition coefficient (Wildman–Crippen LogP) is 3.00. The van der Waals surface area contributed by atoms with Crippen molar-refractivity contribution in [2.45, 2.75) is 38.4 Å². The molecule has 0 aliphatic rings. The molecule has 1 aromatic rings. The zero-order valence-electron chi connectivity index (χ0n) is 11.2. The summed E-state index contributed by atoms with van der Waals surface area (Å²) in [4.78, 5) is 0. The molecule has 19 heavy (non-hydrogen) atoms. The van der Waals surface area contributed by atoms with Gasteiger partial charge in [0.15, 0.2) is 0 Å². The van der Waals surface area contributed by atoms with Gasteiger partial charge in [-0.1, -0.05) is 37.6 Å². The van der Waals surface area contributed by atoms with Gasteiger partial charge in [0.05, 0.1) is 18.7 Å². The average molecular weight is 275 g/mol. The summed E-state index contributed by atoms with van der Waals surface area (Å²) in [6, 6.07) is 7.32. The third kappa shape index (κ3) is 4.84. The lowest BCUT2D eigenvalue weighted by atomic mass is 9.91. The Bertz CT molecular complexity index is 389. The first kappa shape index (κ1) is 16.0. The van der Waals surface area contributed by atoms with Crippen molar-refractivity contribution < 1.29 is 18.3 Å². The number of aliphatic hydroxyl groups excluding tert-OH is 1. The van der Waals surface area contributed by atoms with Gasteiger partial charge < -0.3 is 5.11 Å². The fraction of sp³-hybridized carbons (Fsp3) is 0.571. The van der Waals surface area contributed by atoms with Crippen LogP contribution in [-0.4, -0.2) is 24.4 Å². The number of hydrogen-bond donors (Lipinski definition) is 2. The van der Waals surface area contributed by atoms with Gasteiger partial charge in [-0.25, -0.2) is 0 Å². The van der Waals surface area contributed by atoms with Gasteiger partial charge in [0.1, 0.15) is 0 Å². The van der Waals surface area contributed by atoms with Crippen LogP contribution in [-0.2, 0) is 12.0 Å². The Morgan fingerprint density at radius 3 is 2.16 bits per heavy atom. The van der Waals surface area contributed by atoms with E-state index in [-0.39, 0.29) is 0 Å². The van der Waals surface area contributed by atoms with Crippen molar-refractivity contribution in [2.75, 3.05) is 13.2 Å². The molecule has 0 spiro atoms. The van der Waals surface area contributed by atoms with Gasteiger partial charge in [0, 0.05) is 0 Å². The SMILES string of the molecule is CCCc1ccc(C(C)(CO)NCC(F)(F)F)cc1. The number of alkyl halides is 3. The van der Waals surface area contributed by atoms with E-state index in [0.29, 0.717) is 5.56 Å². The molecule has 0 aliphatic heterocycles. The van der Waals surface area contributed by atoms with Crippen LogP contribution in [0.15, 0.2) is 24.3 Å². The van der Waals surface area contributed by atoms with Gasteiger partial charge in [-0.05, 0) is 24.5 Å². The summed E-state index contributed by atoms with van der Waals surface area (Å²) in [5.41, 5.74) is 0.710. The molecule has 1 atom stereocenters. The second-order valence-electron chi connectivity index (χ2n) is 4.91. The van der Waals surface area contributed by atoms with Crippen molar-refractivity contribution in [3.63, 3.8) is 0 Å². The molecule has 5 heteroatoms. The fourth-order valence-corrected chi connectivity index (χ4v) is 1.87. The summed E-state index contributed by atoms with van der Waals surface area (Å²) in [5.74, 6) is 0. The Morgan fingerprint density at radius 2 is 1.74 bits per heavy atom. The van der Waals surface area contributed by atoms with Crippen LogP contribution in [0.25, 0.3) is 0 Å². The van der Waals surface area contributed by atoms with E-state index in [1.807, 2.05) is 12.1 Å². The molecule has 0 fully saturated rings. The van der Waals surface area contributed by atoms with Crippen LogP contribution in [0, 0.1) is 0 Å². The van der Waals surface area contributed by atoms with E-state index in [1.165, 1.54) is 0 Å². The minimum atomic E-state index is -4.29. The predicted molar refractivity (Wildman–Crippen MR) is 68.9 cm³/mol. The molecular formula is C14H20F3NO. The van der Waals surface area contributed by atoms with Crippen molar-refractivity contribution in [1.29, 1.82) is 0 Å². The molecule has 1 unspecified atom stereocenters. The number of halogens is 3. The first-order chi connectivity index (χ1) is 8.80. The Kier molecular flexibility index (Phi) is 5.38. The minimum absolute atomic E-state index is 0.393. The van der Waals surface area contributed by atoms with Crippen molar-refractivity contribution in [3.05, 3.63) is 35.4 Å². The highest BCUT2D eigenvalue weighted by molar-refractivity contribution is 5.28. The highest BCUT2D eigenvalue weighted by Crippen LogP contribution is 2.23. The van der Waals surface area contributed by atoms with E-state index in [2.05, 4.69) is 12.2 Å². The first-order valence-electron chi connectivity index (χ1n) is 6.33. The minimum Gasteiger partial charge on any atom is -0.394 e. The summed E-state index contributed by atoms with van der Waals surface area (Å²) in [6.45, 7) is 2.11. The largest absolute Gasteiger partial charge is 0.401 e. The summed E-state index contributed by atoms with van der Waals surface area (Å²) in [5, 5.41) is 11.8. The standard InChI is InChI=1S/C14H20F3NO/c1-3-4-11-5-7-12(8-6-11)13(2,10-19)18-9-14(15,16)17/h5-8,18-19H,3-4,9-10H2,1-2H3. The summed E-state index contributed by atoms with van der Waals surface area (Å²) in [7, 11) is 0. The highest BCUT2D eigenvalue weighted by Gasteiger charge is 2.33. The van der Waals surface area contributed by atoms with Gasteiger partial charge in [0.2, 0.25) is 0 Å². The van der Waals surface area contributed by atoms with E-state index >= 15 is 0 Å². The number of benzene rings is 1. The van der Waals surface area contributed by atoms with Gasteiger partial charge in [-0.3, -0.25) is 5.32 Å². The molecule has 0 aromatic heterocycles. The quantitative estimate of drug-likeness (QED) is 0.836. The lowest BCUT2D eigenvalue weighted by Crippen LogP contribution is -2.47. The fourth-order valence-electron chi connectivity index (χ4n) is 1.87. The normalized spacial score (nSPS) is 15.3. The van der Waals surface area contributed by atoms with Crippen LogP contribution < -0.4 is 5.32 Å². The van der Waals surface area contributed by atoms with Crippen LogP contribution in [0.4, 0.5) is 13.2 Å². The molecule has 108 valence electrons. The number of hydrogen-bond acceptors (Lipinski definition) is 2. The molecule has 2 nitrogen and oxygen atoms in total. The molecule has 0 aliphatic carbocycles. The molecule has 0 saturated carbocycles. The van der Waals surface area contributed by atoms with Crippen LogP contribution in [0.2, 0.25) is 0 Å². The number of aryl methyl sites for hydroxylation is 1. The maximum atomic E-state index is 12.3. The average Bonchev–Trinajstić information content (AvgIpc) is 2.36. The Labute approximate surface area is 111 Å². The van der Waals surface area contributed by atoms with E-state index in [4.69, 9.17) is 0 Å². The molecule has 0 radical (unpaired) electrons. The van der Waals surface area contributed by atoms with Gasteiger partial charge in [0.25, 0.3) is 0 Å². The summed E-state index contributed by atoms with van der Waals surface area (Å²) >= 11 is 0. The van der Waals surface area contributed by atoms with E-state index in [9.17, 15) is 18.3 Å². The molecule has 0 saturated heterocycles. The topological polar surface area (TPSA) is 32.3 Å². The van der Waals surface area contributed by atoms with Crippen LogP contribution >= 0.6 is 0 Å². The van der Waals surface area contributed by atoms with Crippen LogP contribution in [0.1, 0.15) is 31.4 Å². The van der Waals surface area contributed by atoms with E-state index in [0.717, 1.165) is 18.4 Å². The van der Waals surface area contributed by atoms with Crippen molar-refractivity contribution in [1.82, 2.24) is 5.32 Å². The summed E-state index contributed by atoms with van der Waals surface area (Å²) < 4.78 is 36.8. The number of aliphatic hydroxyl groups is 1. The van der Waals surface area contributed by atoms with Crippen LogP contribution in [0.3, 0.4) is 0 Å². The van der Waals surface area contributed by atoms with Gasteiger partial charge in [-0.15, -0.1) is 0 Å². The molecule has 1 aromatic carbocycles. The lowest BCUT2D eigenvalue weighted by molar-refractivity contribution is -0.129. The Morgan fingerprint density at radius 1 is 1.16 bits per heavy atom. The second-order valence-corrected chi connectivity index (χ2v) is 4.91. The van der Waals surface area contributed by atoms with Crippen molar-refractivity contribution in [3.8, 4) is 0 Å². The molecule has 0 bridgehead atoms. The maximum Gasteiger partial charge on any atom is 0.401 e. The molecular weight excluding hydrogens is 255 g/mol. The van der Waals surface area contributed by atoms with Crippen molar-refractivity contribution >= 4 is 0 Å². The Hall–Kier alpha value is -1.07. The lowest BCUT2D eigenvalue weighted by Gasteiger charge is -2.30. The first-order valence-corrected chi connectivity index (χ1v) is 6.33. The number of rotatable bonds is 6. The zero-order valence-corrected chi connectivity index (χ0v) is 11.2. The molecule has 0 heterocycles. The number of nitrogens with one attached hydrogen (secondary N) is 1. The van der Waals surface area contributed by atoms with Gasteiger partial charge >= 0.3 is 6.18 Å². The van der Waals surface area contributed by atoms with E-state index in [1.54, 1.807) is 19.1 Å². The van der Waals surface area contributed by atoms with Crippen LogP contribution in [0.5, 0.6) is 0 Å². The maximum absolute atomic E-state index is 12.3. The molecule has 1 rings (SSSR count). The second kappa shape index (κ2) is 6.39. The third-order valence-electron chi connectivity index (χ3n) is 3.12. The van der Waals surface area contributed by atoms with E-state index < -0.39 is 24.9 Å². The molecule has 0 amide bonds. The smallest absolute Gasteiger partial charge is 0.394 e. The Balaban J connectivity index is 2.82. The molecule has 2 N–H and O–H groups in total. The monoisotopic (exact) mass is 275 g/mol. The van der Waals surface area contributed by atoms with Crippen molar-refractivity contribution in [2.24, 2.45) is 0 Å².